The van der Waals surface area contributed by atoms with Crippen molar-refractivity contribution < 1.29 is 15.0 Å². The standard InChI is InChI=1S/C10H13ClN2O3/c11-9-8(2-1-3-12-9)10(16)13(4-6-14)5-7-15/h1-3,14-15H,4-7H2. The first-order valence-electron chi connectivity index (χ1n) is 4.82. The Kier molecular flexibility index (Phi) is 5.18. The summed E-state index contributed by atoms with van der Waals surface area (Å²) in [5.41, 5.74) is 0.270. The average molecular weight is 245 g/mol. The first kappa shape index (κ1) is 12.9. The van der Waals surface area contributed by atoms with Crippen LogP contribution >= 0.6 is 11.6 Å². The summed E-state index contributed by atoms with van der Waals surface area (Å²) in [7, 11) is 0. The van der Waals surface area contributed by atoms with E-state index in [2.05, 4.69) is 4.98 Å². The molecule has 0 unspecified atom stereocenters. The highest BCUT2D eigenvalue weighted by Gasteiger charge is 2.17. The number of pyridine rings is 1. The number of hydrogen-bond donors (Lipinski definition) is 2. The van der Waals surface area contributed by atoms with E-state index < -0.39 is 0 Å². The number of carbonyl (C=O) groups excluding carboxylic acids is 1. The maximum Gasteiger partial charge on any atom is 0.257 e. The lowest BCUT2D eigenvalue weighted by Gasteiger charge is -2.20. The molecule has 1 aromatic rings. The predicted octanol–water partition coefficient (Wildman–Crippen LogP) is 0.162. The zero-order valence-corrected chi connectivity index (χ0v) is 9.39. The van der Waals surface area contributed by atoms with E-state index >= 15 is 0 Å². The molecule has 0 radical (unpaired) electrons. The number of hydrogen-bond acceptors (Lipinski definition) is 4. The molecule has 1 amide bonds. The third-order valence-corrected chi connectivity index (χ3v) is 2.32. The maximum atomic E-state index is 11.9. The van der Waals surface area contributed by atoms with Gasteiger partial charge < -0.3 is 15.1 Å². The molecule has 0 fully saturated rings. The zero-order valence-electron chi connectivity index (χ0n) is 8.64. The van der Waals surface area contributed by atoms with Crippen molar-refractivity contribution in [2.24, 2.45) is 0 Å². The average Bonchev–Trinajstić information content (AvgIpc) is 2.28. The monoisotopic (exact) mass is 244 g/mol. The number of aromatic nitrogens is 1. The summed E-state index contributed by atoms with van der Waals surface area (Å²) in [4.78, 5) is 17.0. The summed E-state index contributed by atoms with van der Waals surface area (Å²) < 4.78 is 0. The van der Waals surface area contributed by atoms with Gasteiger partial charge >= 0.3 is 0 Å². The van der Waals surface area contributed by atoms with Crippen molar-refractivity contribution in [3.8, 4) is 0 Å². The van der Waals surface area contributed by atoms with Crippen LogP contribution in [0.15, 0.2) is 18.3 Å². The molecule has 2 N–H and O–H groups in total. The fourth-order valence-electron chi connectivity index (χ4n) is 1.27. The number of halogens is 1. The SMILES string of the molecule is O=C(c1cccnc1Cl)N(CCO)CCO. The minimum absolute atomic E-state index is 0.119. The Balaban J connectivity index is 2.85. The van der Waals surface area contributed by atoms with Crippen LogP contribution in [0.5, 0.6) is 0 Å². The van der Waals surface area contributed by atoms with Crippen molar-refractivity contribution in [1.82, 2.24) is 9.88 Å². The number of amides is 1. The molecule has 0 aliphatic carbocycles. The Morgan fingerprint density at radius 3 is 2.50 bits per heavy atom. The van der Waals surface area contributed by atoms with Crippen LogP contribution in [0.4, 0.5) is 0 Å². The molecule has 0 aliphatic heterocycles. The second-order valence-corrected chi connectivity index (χ2v) is 3.44. The molecule has 6 heteroatoms. The van der Waals surface area contributed by atoms with Crippen LogP contribution in [0.3, 0.4) is 0 Å². The zero-order chi connectivity index (χ0) is 12.0. The minimum atomic E-state index is -0.346. The van der Waals surface area contributed by atoms with Gasteiger partial charge in [-0.25, -0.2) is 4.98 Å². The number of nitrogens with zero attached hydrogens (tertiary/aromatic N) is 2. The van der Waals surface area contributed by atoms with Crippen LogP contribution in [0.2, 0.25) is 5.15 Å². The Labute approximate surface area is 98.3 Å². The second-order valence-electron chi connectivity index (χ2n) is 3.08. The number of aliphatic hydroxyl groups excluding tert-OH is 2. The Bertz CT molecular complexity index is 354. The Morgan fingerprint density at radius 1 is 1.38 bits per heavy atom. The van der Waals surface area contributed by atoms with E-state index in [0.29, 0.717) is 0 Å². The summed E-state index contributed by atoms with van der Waals surface area (Å²) in [6, 6.07) is 3.16. The summed E-state index contributed by atoms with van der Waals surface area (Å²) in [5, 5.41) is 17.7. The second kappa shape index (κ2) is 6.42. The van der Waals surface area contributed by atoms with Gasteiger partial charge in [-0.05, 0) is 12.1 Å². The van der Waals surface area contributed by atoms with Crippen LogP contribution in [0, 0.1) is 0 Å². The lowest BCUT2D eigenvalue weighted by molar-refractivity contribution is 0.0684. The van der Waals surface area contributed by atoms with Gasteiger partial charge in [0.05, 0.1) is 18.8 Å². The molecule has 1 heterocycles. The molecule has 1 rings (SSSR count). The largest absolute Gasteiger partial charge is 0.395 e. The van der Waals surface area contributed by atoms with Crippen molar-refractivity contribution in [2.45, 2.75) is 0 Å². The minimum Gasteiger partial charge on any atom is -0.395 e. The van der Waals surface area contributed by atoms with Gasteiger partial charge in [-0.3, -0.25) is 4.79 Å². The quantitative estimate of drug-likeness (QED) is 0.724. The lowest BCUT2D eigenvalue weighted by Crippen LogP contribution is -2.36. The van der Waals surface area contributed by atoms with Gasteiger partial charge in [0.15, 0.2) is 0 Å². The molecule has 0 saturated carbocycles. The topological polar surface area (TPSA) is 73.7 Å². The molecule has 5 nitrogen and oxygen atoms in total. The Hall–Kier alpha value is -1.17. The van der Waals surface area contributed by atoms with E-state index in [1.165, 1.54) is 11.1 Å². The summed E-state index contributed by atoms with van der Waals surface area (Å²) in [6.07, 6.45) is 1.49. The van der Waals surface area contributed by atoms with Crippen LogP contribution in [0.25, 0.3) is 0 Å². The smallest absolute Gasteiger partial charge is 0.257 e. The summed E-state index contributed by atoms with van der Waals surface area (Å²) in [5.74, 6) is -0.346. The summed E-state index contributed by atoms with van der Waals surface area (Å²) >= 11 is 5.78. The molecule has 0 aliphatic rings. The maximum absolute atomic E-state index is 11.9. The highest BCUT2D eigenvalue weighted by molar-refractivity contribution is 6.32. The van der Waals surface area contributed by atoms with E-state index in [9.17, 15) is 4.79 Å². The van der Waals surface area contributed by atoms with Crippen molar-refractivity contribution in [3.63, 3.8) is 0 Å². The van der Waals surface area contributed by atoms with Crippen molar-refractivity contribution >= 4 is 17.5 Å². The van der Waals surface area contributed by atoms with Gasteiger partial charge in [-0.15, -0.1) is 0 Å². The highest BCUT2D eigenvalue weighted by atomic mass is 35.5. The summed E-state index contributed by atoms with van der Waals surface area (Å²) in [6.45, 7) is -0.0114. The Morgan fingerprint density at radius 2 is 2.00 bits per heavy atom. The molecular weight excluding hydrogens is 232 g/mol. The fourth-order valence-corrected chi connectivity index (χ4v) is 1.47. The third kappa shape index (κ3) is 3.16. The van der Waals surface area contributed by atoms with Crippen molar-refractivity contribution in [1.29, 1.82) is 0 Å². The molecule has 16 heavy (non-hydrogen) atoms. The van der Waals surface area contributed by atoms with E-state index in [4.69, 9.17) is 21.8 Å². The first-order chi connectivity index (χ1) is 7.70. The van der Waals surface area contributed by atoms with Crippen molar-refractivity contribution in [3.05, 3.63) is 29.0 Å². The lowest BCUT2D eigenvalue weighted by atomic mass is 10.2. The van der Waals surface area contributed by atoms with Crippen LogP contribution < -0.4 is 0 Å². The molecule has 88 valence electrons. The van der Waals surface area contributed by atoms with E-state index in [-0.39, 0.29) is 42.9 Å². The molecule has 1 aromatic heterocycles. The number of aliphatic hydroxyl groups is 2. The van der Waals surface area contributed by atoms with E-state index in [1.807, 2.05) is 0 Å². The molecule has 0 saturated heterocycles. The molecule has 0 spiro atoms. The fraction of sp³-hybridized carbons (Fsp3) is 0.400. The van der Waals surface area contributed by atoms with Gasteiger partial charge in [-0.2, -0.15) is 0 Å². The van der Waals surface area contributed by atoms with Gasteiger partial charge in [0.25, 0.3) is 5.91 Å². The normalized spacial score (nSPS) is 10.2. The highest BCUT2D eigenvalue weighted by Crippen LogP contribution is 2.13. The van der Waals surface area contributed by atoms with Crippen LogP contribution in [0.1, 0.15) is 10.4 Å². The predicted molar refractivity (Wildman–Crippen MR) is 59.3 cm³/mol. The van der Waals surface area contributed by atoms with Crippen molar-refractivity contribution in [2.75, 3.05) is 26.3 Å². The molecule has 0 atom stereocenters. The van der Waals surface area contributed by atoms with Crippen LogP contribution in [-0.2, 0) is 0 Å². The number of rotatable bonds is 5. The van der Waals surface area contributed by atoms with Gasteiger partial charge in [0.2, 0.25) is 0 Å². The molecule has 0 bridgehead atoms. The first-order valence-corrected chi connectivity index (χ1v) is 5.20. The van der Waals surface area contributed by atoms with Gasteiger partial charge in [0, 0.05) is 19.3 Å². The third-order valence-electron chi connectivity index (χ3n) is 2.02. The van der Waals surface area contributed by atoms with Gasteiger partial charge in [-0.1, -0.05) is 11.6 Å². The van der Waals surface area contributed by atoms with E-state index in [0.717, 1.165) is 0 Å². The van der Waals surface area contributed by atoms with E-state index in [1.54, 1.807) is 12.1 Å². The number of carbonyl (C=O) groups is 1. The van der Waals surface area contributed by atoms with Crippen LogP contribution in [-0.4, -0.2) is 52.3 Å². The molecular formula is C10H13ClN2O3. The molecule has 0 aromatic carbocycles. The van der Waals surface area contributed by atoms with Gasteiger partial charge in [0.1, 0.15) is 5.15 Å².